The van der Waals surface area contributed by atoms with Crippen LogP contribution < -0.4 is 4.74 Å². The lowest BCUT2D eigenvalue weighted by molar-refractivity contribution is 0.103. The molecular weight excluding hydrogens is 448 g/mol. The second-order valence-electron chi connectivity index (χ2n) is 8.09. The molecule has 0 radical (unpaired) electrons. The van der Waals surface area contributed by atoms with Crippen molar-refractivity contribution in [3.05, 3.63) is 145 Å². The number of rotatable bonds is 7. The van der Waals surface area contributed by atoms with E-state index in [4.69, 9.17) is 4.74 Å². The van der Waals surface area contributed by atoms with Crippen molar-refractivity contribution in [3.8, 4) is 16.9 Å². The summed E-state index contributed by atoms with van der Waals surface area (Å²) >= 11 is 0. The minimum Gasteiger partial charge on any atom is -0.497 e. The predicted molar refractivity (Wildman–Crippen MR) is 143 cm³/mol. The minimum absolute atomic E-state index is 0.0251. The quantitative estimate of drug-likeness (QED) is 0.179. The predicted octanol–water partition coefficient (Wildman–Crippen LogP) is 7.69. The van der Waals surface area contributed by atoms with Gasteiger partial charge in [-0.2, -0.15) is 0 Å². The molecule has 0 aliphatic heterocycles. The summed E-state index contributed by atoms with van der Waals surface area (Å²) in [5.41, 5.74) is 3.52. The summed E-state index contributed by atoms with van der Waals surface area (Å²) in [6.45, 7) is 0. The molecule has 0 aromatic heterocycles. The summed E-state index contributed by atoms with van der Waals surface area (Å²) in [5, 5.41) is 0. The van der Waals surface area contributed by atoms with Crippen molar-refractivity contribution in [3.63, 3.8) is 0 Å². The fourth-order valence-corrected chi connectivity index (χ4v) is 6.11. The van der Waals surface area contributed by atoms with Gasteiger partial charge in [0.15, 0.2) is 20.5 Å². The summed E-state index contributed by atoms with van der Waals surface area (Å²) in [4.78, 5) is 16.9. The number of hydrogen-bond acceptors (Lipinski definition) is 2. The van der Waals surface area contributed by atoms with Crippen molar-refractivity contribution in [2.45, 2.75) is 14.7 Å². The van der Waals surface area contributed by atoms with E-state index >= 15 is 0 Å². The molecule has 3 heteroatoms. The standard InChI is InChI=1S/C32H25O2S/c1-34-28-20-16-25(17-21-28)24-12-14-26(15-13-24)32(33)27-18-22-31(23-19-27)35(29-8-4-2-5-9-29)30-10-6-3-7-11-30/h2-23H,1H3/q+1. The van der Waals surface area contributed by atoms with Gasteiger partial charge >= 0.3 is 0 Å². The van der Waals surface area contributed by atoms with E-state index in [0.29, 0.717) is 11.1 Å². The first kappa shape index (κ1) is 22.7. The van der Waals surface area contributed by atoms with Crippen molar-refractivity contribution >= 4 is 16.7 Å². The number of hydrogen-bond donors (Lipinski definition) is 0. The van der Waals surface area contributed by atoms with Crippen LogP contribution in [0.15, 0.2) is 148 Å². The van der Waals surface area contributed by atoms with Crippen LogP contribution in [0.25, 0.3) is 11.1 Å². The highest BCUT2D eigenvalue weighted by molar-refractivity contribution is 7.97. The average molecular weight is 474 g/mol. The molecule has 0 aliphatic rings. The Morgan fingerprint density at radius 3 is 1.37 bits per heavy atom. The van der Waals surface area contributed by atoms with E-state index in [9.17, 15) is 4.79 Å². The maximum atomic E-state index is 13.2. The van der Waals surface area contributed by atoms with Crippen LogP contribution in [-0.2, 0) is 10.9 Å². The van der Waals surface area contributed by atoms with Crippen molar-refractivity contribution in [2.75, 3.05) is 7.11 Å². The smallest absolute Gasteiger partial charge is 0.193 e. The number of ether oxygens (including phenoxy) is 1. The Bertz CT molecular complexity index is 1350. The maximum absolute atomic E-state index is 13.2. The lowest BCUT2D eigenvalue weighted by Gasteiger charge is -2.09. The maximum Gasteiger partial charge on any atom is 0.193 e. The molecule has 0 spiro atoms. The summed E-state index contributed by atoms with van der Waals surface area (Å²) in [7, 11) is 1.43. The van der Waals surface area contributed by atoms with Crippen molar-refractivity contribution in [1.82, 2.24) is 0 Å². The zero-order valence-corrected chi connectivity index (χ0v) is 20.2. The molecule has 0 aliphatic carbocycles. The molecule has 0 saturated carbocycles. The van der Waals surface area contributed by atoms with Gasteiger partial charge in [0.05, 0.1) is 18.0 Å². The van der Waals surface area contributed by atoms with E-state index in [1.54, 1.807) is 7.11 Å². The molecule has 5 aromatic rings. The highest BCUT2D eigenvalue weighted by Gasteiger charge is 2.28. The van der Waals surface area contributed by atoms with Crippen LogP contribution in [0.2, 0.25) is 0 Å². The third-order valence-corrected chi connectivity index (χ3v) is 8.11. The third-order valence-electron chi connectivity index (χ3n) is 5.88. The lowest BCUT2D eigenvalue weighted by Crippen LogP contribution is -2.06. The number of methoxy groups -OCH3 is 1. The van der Waals surface area contributed by atoms with Gasteiger partial charge in [-0.3, -0.25) is 4.79 Å². The minimum atomic E-state index is -0.228. The first-order valence-electron chi connectivity index (χ1n) is 11.5. The number of ketones is 1. The van der Waals surface area contributed by atoms with Gasteiger partial charge in [0, 0.05) is 11.1 Å². The van der Waals surface area contributed by atoms with Gasteiger partial charge in [0.25, 0.3) is 0 Å². The Morgan fingerprint density at radius 1 is 0.514 bits per heavy atom. The van der Waals surface area contributed by atoms with Crippen LogP contribution >= 0.6 is 0 Å². The highest BCUT2D eigenvalue weighted by Crippen LogP contribution is 2.31. The van der Waals surface area contributed by atoms with Gasteiger partial charge in [-0.15, -0.1) is 0 Å². The van der Waals surface area contributed by atoms with Crippen molar-refractivity contribution < 1.29 is 9.53 Å². The molecule has 35 heavy (non-hydrogen) atoms. The van der Waals surface area contributed by atoms with Crippen molar-refractivity contribution in [1.29, 1.82) is 0 Å². The molecule has 5 aromatic carbocycles. The van der Waals surface area contributed by atoms with Crippen LogP contribution in [0.3, 0.4) is 0 Å². The fraction of sp³-hybridized carbons (Fsp3) is 0.0312. The SMILES string of the molecule is COc1ccc(-c2ccc(C(=O)c3ccc([S+](c4ccccc4)c4ccccc4)cc3)cc2)cc1. The Balaban J connectivity index is 1.39. The Hall–Kier alpha value is -4.08. The molecule has 0 amide bonds. The molecule has 0 fully saturated rings. The highest BCUT2D eigenvalue weighted by atomic mass is 32.2. The van der Waals surface area contributed by atoms with Gasteiger partial charge in [0.1, 0.15) is 5.75 Å². The zero-order valence-electron chi connectivity index (χ0n) is 19.4. The van der Waals surface area contributed by atoms with Gasteiger partial charge in [-0.1, -0.05) is 72.8 Å². The lowest BCUT2D eigenvalue weighted by atomic mass is 9.99. The molecular formula is C32H25O2S+. The van der Waals surface area contributed by atoms with Crippen molar-refractivity contribution in [2.24, 2.45) is 0 Å². The third kappa shape index (κ3) is 5.06. The van der Waals surface area contributed by atoms with E-state index in [-0.39, 0.29) is 16.7 Å². The molecule has 0 bridgehead atoms. The Labute approximate surface area is 209 Å². The molecule has 0 unspecified atom stereocenters. The Morgan fingerprint density at radius 2 is 0.914 bits per heavy atom. The molecule has 2 nitrogen and oxygen atoms in total. The zero-order chi connectivity index (χ0) is 24.0. The Kier molecular flexibility index (Phi) is 6.78. The first-order chi connectivity index (χ1) is 17.2. The average Bonchev–Trinajstić information content (AvgIpc) is 2.94. The molecule has 5 rings (SSSR count). The number of carbonyl (C=O) groups is 1. The van der Waals surface area contributed by atoms with Gasteiger partial charge in [0.2, 0.25) is 0 Å². The molecule has 0 heterocycles. The van der Waals surface area contributed by atoms with Gasteiger partial charge < -0.3 is 4.74 Å². The van der Waals surface area contributed by atoms with Crippen LogP contribution in [0, 0.1) is 0 Å². The summed E-state index contributed by atoms with van der Waals surface area (Å²) in [6, 6.07) is 44.8. The molecule has 0 N–H and O–H groups in total. The van der Waals surface area contributed by atoms with Crippen LogP contribution in [-0.4, -0.2) is 12.9 Å². The second-order valence-corrected chi connectivity index (χ2v) is 10.1. The van der Waals surface area contributed by atoms with E-state index in [1.807, 2.05) is 72.8 Å². The van der Waals surface area contributed by atoms with Crippen LogP contribution in [0.1, 0.15) is 15.9 Å². The largest absolute Gasteiger partial charge is 0.497 e. The fourth-order valence-electron chi connectivity index (χ4n) is 4.03. The van der Waals surface area contributed by atoms with Crippen LogP contribution in [0.5, 0.6) is 5.75 Å². The van der Waals surface area contributed by atoms with E-state index in [1.165, 1.54) is 14.7 Å². The first-order valence-corrected chi connectivity index (χ1v) is 12.7. The normalized spacial score (nSPS) is 10.8. The summed E-state index contributed by atoms with van der Waals surface area (Å²) < 4.78 is 5.23. The summed E-state index contributed by atoms with van der Waals surface area (Å²) in [5.74, 6) is 0.850. The molecule has 0 saturated heterocycles. The molecule has 0 atom stereocenters. The topological polar surface area (TPSA) is 26.3 Å². The summed E-state index contributed by atoms with van der Waals surface area (Å²) in [6.07, 6.45) is 0. The van der Waals surface area contributed by atoms with E-state index in [2.05, 4.69) is 60.7 Å². The molecule has 170 valence electrons. The monoisotopic (exact) mass is 473 g/mol. The van der Waals surface area contributed by atoms with E-state index < -0.39 is 0 Å². The number of carbonyl (C=O) groups excluding carboxylic acids is 1. The second kappa shape index (κ2) is 10.5. The van der Waals surface area contributed by atoms with Crippen LogP contribution in [0.4, 0.5) is 0 Å². The van der Waals surface area contributed by atoms with Gasteiger partial charge in [-0.05, 0) is 71.8 Å². The van der Waals surface area contributed by atoms with Gasteiger partial charge in [-0.25, -0.2) is 0 Å². The van der Waals surface area contributed by atoms with E-state index in [0.717, 1.165) is 16.9 Å². The number of benzene rings is 5.